The van der Waals surface area contributed by atoms with Crippen LogP contribution in [0.2, 0.25) is 0 Å². The number of hydrogen-bond donors (Lipinski definition) is 1. The second-order valence-electron chi connectivity index (χ2n) is 5.11. The van der Waals surface area contributed by atoms with Crippen LogP contribution in [0.15, 0.2) is 0 Å². The average Bonchev–Trinajstić information content (AvgIpc) is 2.44. The molecule has 0 amide bonds. The lowest BCUT2D eigenvalue weighted by atomic mass is 9.86. The van der Waals surface area contributed by atoms with Gasteiger partial charge in [-0.05, 0) is 37.5 Å². The van der Waals surface area contributed by atoms with Gasteiger partial charge in [-0.1, -0.05) is 13.8 Å². The summed E-state index contributed by atoms with van der Waals surface area (Å²) in [6.07, 6.45) is 3.71. The van der Waals surface area contributed by atoms with Crippen molar-refractivity contribution in [3.63, 3.8) is 0 Å². The molecule has 0 aliphatic heterocycles. The van der Waals surface area contributed by atoms with Crippen molar-refractivity contribution in [2.75, 3.05) is 11.5 Å². The monoisotopic (exact) mass is 234 g/mol. The fraction of sp³-hybridized carbons (Fsp3) is 1.00. The molecule has 2 unspecified atom stereocenters. The Labute approximate surface area is 92.8 Å². The van der Waals surface area contributed by atoms with E-state index in [1.165, 1.54) is 0 Å². The third-order valence-electron chi connectivity index (χ3n) is 3.34. The van der Waals surface area contributed by atoms with E-state index in [1.54, 1.807) is 0 Å². The zero-order valence-corrected chi connectivity index (χ0v) is 10.5. The zero-order chi connectivity index (χ0) is 11.5. The summed E-state index contributed by atoms with van der Waals surface area (Å²) in [5.74, 6) is 0.579. The van der Waals surface area contributed by atoms with Gasteiger partial charge in [-0.3, -0.25) is 0 Å². The van der Waals surface area contributed by atoms with Crippen LogP contribution in [0.5, 0.6) is 0 Å². The summed E-state index contributed by atoms with van der Waals surface area (Å²) < 4.78 is 23.1. The molecule has 4 heteroatoms. The number of hydrogen-bond acceptors (Lipinski definition) is 3. The summed E-state index contributed by atoms with van der Waals surface area (Å²) in [6.45, 7) is 3.98. The van der Waals surface area contributed by atoms with Gasteiger partial charge in [0, 0.05) is 5.75 Å². The highest BCUT2D eigenvalue weighted by Crippen LogP contribution is 2.40. The first kappa shape index (κ1) is 13.0. The van der Waals surface area contributed by atoms with Crippen molar-refractivity contribution in [2.24, 2.45) is 5.41 Å². The summed E-state index contributed by atoms with van der Waals surface area (Å²) in [4.78, 5) is 0. The Morgan fingerprint density at radius 3 is 2.53 bits per heavy atom. The Morgan fingerprint density at radius 1 is 1.40 bits per heavy atom. The molecule has 0 aromatic rings. The molecule has 90 valence electrons. The van der Waals surface area contributed by atoms with Crippen molar-refractivity contribution >= 4 is 9.84 Å². The molecule has 1 saturated carbocycles. The number of aliphatic hydroxyl groups is 1. The van der Waals surface area contributed by atoms with Crippen molar-refractivity contribution < 1.29 is 13.5 Å². The Kier molecular flexibility index (Phi) is 4.18. The normalized spacial score (nSPS) is 32.1. The fourth-order valence-electron chi connectivity index (χ4n) is 2.33. The molecule has 15 heavy (non-hydrogen) atoms. The Morgan fingerprint density at radius 2 is 2.07 bits per heavy atom. The van der Waals surface area contributed by atoms with Gasteiger partial charge in [0.05, 0.1) is 11.9 Å². The Bertz CT molecular complexity index is 297. The quantitative estimate of drug-likeness (QED) is 0.788. The maximum Gasteiger partial charge on any atom is 0.150 e. The Balaban J connectivity index is 2.43. The van der Waals surface area contributed by atoms with Crippen molar-refractivity contribution in [1.82, 2.24) is 0 Å². The molecule has 1 fully saturated rings. The van der Waals surface area contributed by atoms with Gasteiger partial charge in [-0.2, -0.15) is 0 Å². The van der Waals surface area contributed by atoms with Crippen molar-refractivity contribution in [1.29, 1.82) is 0 Å². The molecule has 0 bridgehead atoms. The van der Waals surface area contributed by atoms with E-state index in [9.17, 15) is 13.5 Å². The van der Waals surface area contributed by atoms with E-state index >= 15 is 0 Å². The largest absolute Gasteiger partial charge is 0.393 e. The number of rotatable bonds is 5. The molecule has 1 rings (SSSR count). The molecule has 1 aliphatic carbocycles. The first-order valence-corrected chi connectivity index (χ1v) is 7.57. The van der Waals surface area contributed by atoms with E-state index < -0.39 is 9.84 Å². The minimum absolute atomic E-state index is 0.0419. The molecule has 1 aliphatic rings. The lowest BCUT2D eigenvalue weighted by molar-refractivity contribution is 0.162. The van der Waals surface area contributed by atoms with Gasteiger partial charge in [0.15, 0.2) is 0 Å². The topological polar surface area (TPSA) is 54.4 Å². The first-order chi connectivity index (χ1) is 6.87. The summed E-state index contributed by atoms with van der Waals surface area (Å²) in [6, 6.07) is 0. The molecule has 0 spiro atoms. The van der Waals surface area contributed by atoms with Crippen LogP contribution in [0.4, 0.5) is 0 Å². The van der Waals surface area contributed by atoms with Crippen LogP contribution in [0, 0.1) is 5.41 Å². The van der Waals surface area contributed by atoms with Crippen LogP contribution in [0.25, 0.3) is 0 Å². The zero-order valence-electron chi connectivity index (χ0n) is 9.70. The number of sulfone groups is 1. The van der Waals surface area contributed by atoms with Gasteiger partial charge in [-0.15, -0.1) is 0 Å². The maximum absolute atomic E-state index is 11.5. The van der Waals surface area contributed by atoms with Crippen LogP contribution in [-0.2, 0) is 9.84 Å². The molecular formula is C11H22O3S. The number of aliphatic hydroxyl groups excluding tert-OH is 1. The van der Waals surface area contributed by atoms with Crippen LogP contribution in [0.3, 0.4) is 0 Å². The van der Waals surface area contributed by atoms with Gasteiger partial charge in [0.2, 0.25) is 0 Å². The fourth-order valence-corrected chi connectivity index (χ4v) is 3.96. The van der Waals surface area contributed by atoms with E-state index in [0.717, 1.165) is 19.3 Å². The van der Waals surface area contributed by atoms with Crippen LogP contribution in [-0.4, -0.2) is 31.1 Å². The summed E-state index contributed by atoms with van der Waals surface area (Å²) in [5.41, 5.74) is 0.0419. The highest BCUT2D eigenvalue weighted by molar-refractivity contribution is 7.91. The van der Waals surface area contributed by atoms with E-state index in [-0.39, 0.29) is 17.3 Å². The van der Waals surface area contributed by atoms with Gasteiger partial charge < -0.3 is 5.11 Å². The molecule has 0 heterocycles. The molecular weight excluding hydrogens is 212 g/mol. The molecule has 0 aromatic heterocycles. The van der Waals surface area contributed by atoms with Crippen LogP contribution < -0.4 is 0 Å². The van der Waals surface area contributed by atoms with Crippen LogP contribution in [0.1, 0.15) is 46.0 Å². The summed E-state index contributed by atoms with van der Waals surface area (Å²) in [7, 11) is -2.86. The van der Waals surface area contributed by atoms with Crippen molar-refractivity contribution in [3.8, 4) is 0 Å². The van der Waals surface area contributed by atoms with Crippen molar-refractivity contribution in [2.45, 2.75) is 52.1 Å². The highest BCUT2D eigenvalue weighted by Gasteiger charge is 2.34. The summed E-state index contributed by atoms with van der Waals surface area (Å²) >= 11 is 0. The minimum Gasteiger partial charge on any atom is -0.393 e. The first-order valence-electron chi connectivity index (χ1n) is 5.75. The lowest BCUT2D eigenvalue weighted by Crippen LogP contribution is -2.20. The van der Waals surface area contributed by atoms with E-state index in [1.807, 2.05) is 6.92 Å². The third-order valence-corrected chi connectivity index (χ3v) is 5.20. The smallest absolute Gasteiger partial charge is 0.150 e. The Hall–Kier alpha value is -0.0900. The summed E-state index contributed by atoms with van der Waals surface area (Å²) in [5, 5.41) is 9.45. The molecule has 0 aromatic carbocycles. The predicted octanol–water partition coefficient (Wildman–Crippen LogP) is 1.75. The van der Waals surface area contributed by atoms with Gasteiger partial charge in [0.25, 0.3) is 0 Å². The lowest BCUT2D eigenvalue weighted by Gasteiger charge is -2.23. The van der Waals surface area contributed by atoms with Crippen LogP contribution >= 0.6 is 0 Å². The van der Waals surface area contributed by atoms with Crippen molar-refractivity contribution in [3.05, 3.63) is 0 Å². The van der Waals surface area contributed by atoms with E-state index in [0.29, 0.717) is 18.6 Å². The van der Waals surface area contributed by atoms with Gasteiger partial charge >= 0.3 is 0 Å². The molecule has 3 nitrogen and oxygen atoms in total. The average molecular weight is 234 g/mol. The van der Waals surface area contributed by atoms with Gasteiger partial charge in [0.1, 0.15) is 9.84 Å². The molecule has 2 atom stereocenters. The SMILES string of the molecule is CCCS(=O)(=O)CCC1(C)CCC(O)C1. The minimum atomic E-state index is -2.86. The van der Waals surface area contributed by atoms with Gasteiger partial charge in [-0.25, -0.2) is 8.42 Å². The maximum atomic E-state index is 11.5. The second kappa shape index (κ2) is 4.83. The predicted molar refractivity (Wildman–Crippen MR) is 61.5 cm³/mol. The molecule has 0 radical (unpaired) electrons. The molecule has 0 saturated heterocycles. The second-order valence-corrected chi connectivity index (χ2v) is 7.41. The van der Waals surface area contributed by atoms with E-state index in [4.69, 9.17) is 0 Å². The highest BCUT2D eigenvalue weighted by atomic mass is 32.2. The molecule has 1 N–H and O–H groups in total. The van der Waals surface area contributed by atoms with E-state index in [2.05, 4.69) is 6.92 Å². The standard InChI is InChI=1S/C11H22O3S/c1-3-7-15(13,14)8-6-11(2)5-4-10(12)9-11/h10,12H,3-9H2,1-2H3. The third kappa shape index (κ3) is 4.11.